The molecule has 0 aromatic rings. The minimum Gasteiger partial charge on any atom is -0.329 e. The summed E-state index contributed by atoms with van der Waals surface area (Å²) in [5.41, 5.74) is 21.1. The van der Waals surface area contributed by atoms with Crippen molar-refractivity contribution in [1.82, 2.24) is 0 Å². The van der Waals surface area contributed by atoms with Crippen LogP contribution in [0.4, 0.5) is 0 Å². The molecule has 2 unspecified atom stereocenters. The monoisotopic (exact) mass is 174 g/mol. The standard InChI is InChI=1S/C6H14N2.C2H8N2/c7-5-3-1-2-4-6(5)8;3-1-2-4/h5-6H,1-4,7-8H2;1-4H2. The number of hydrogen-bond acceptors (Lipinski definition) is 4. The highest BCUT2D eigenvalue weighted by atomic mass is 14.8. The zero-order valence-electron chi connectivity index (χ0n) is 7.71. The summed E-state index contributed by atoms with van der Waals surface area (Å²) in [7, 11) is 0. The van der Waals surface area contributed by atoms with Crippen molar-refractivity contribution in [1.29, 1.82) is 0 Å². The molecule has 0 aromatic heterocycles. The second-order valence-electron chi connectivity index (χ2n) is 3.19. The lowest BCUT2D eigenvalue weighted by molar-refractivity contribution is 0.385. The highest BCUT2D eigenvalue weighted by Crippen LogP contribution is 2.14. The molecule has 0 radical (unpaired) electrons. The van der Waals surface area contributed by atoms with Gasteiger partial charge in [0.2, 0.25) is 0 Å². The predicted molar refractivity (Wildman–Crippen MR) is 52.5 cm³/mol. The van der Waals surface area contributed by atoms with E-state index in [2.05, 4.69) is 0 Å². The van der Waals surface area contributed by atoms with Crippen LogP contribution in [-0.2, 0) is 0 Å². The van der Waals surface area contributed by atoms with Crippen molar-refractivity contribution in [2.75, 3.05) is 13.1 Å². The fourth-order valence-electron chi connectivity index (χ4n) is 1.19. The number of nitrogens with two attached hydrogens (primary N) is 4. The third-order valence-electron chi connectivity index (χ3n) is 2.04. The van der Waals surface area contributed by atoms with Crippen LogP contribution in [0, 0.1) is 0 Å². The van der Waals surface area contributed by atoms with Gasteiger partial charge >= 0.3 is 0 Å². The maximum Gasteiger partial charge on any atom is 0.0192 e. The summed E-state index contributed by atoms with van der Waals surface area (Å²) in [4.78, 5) is 0. The Morgan fingerprint density at radius 2 is 1.17 bits per heavy atom. The van der Waals surface area contributed by atoms with E-state index >= 15 is 0 Å². The van der Waals surface area contributed by atoms with Gasteiger partial charge in [0.25, 0.3) is 0 Å². The van der Waals surface area contributed by atoms with Crippen LogP contribution in [0.25, 0.3) is 0 Å². The molecule has 0 amide bonds. The smallest absolute Gasteiger partial charge is 0.0192 e. The van der Waals surface area contributed by atoms with E-state index < -0.39 is 0 Å². The van der Waals surface area contributed by atoms with Gasteiger partial charge in [-0.3, -0.25) is 0 Å². The molecule has 1 aliphatic rings. The van der Waals surface area contributed by atoms with Crippen LogP contribution in [-0.4, -0.2) is 25.2 Å². The van der Waals surface area contributed by atoms with Gasteiger partial charge in [-0.15, -0.1) is 0 Å². The third kappa shape index (κ3) is 5.49. The molecule has 4 nitrogen and oxygen atoms in total. The lowest BCUT2D eigenvalue weighted by Gasteiger charge is -2.24. The molecule has 1 rings (SSSR count). The second-order valence-corrected chi connectivity index (χ2v) is 3.19. The Labute approximate surface area is 74.7 Å². The minimum absolute atomic E-state index is 0.281. The summed E-state index contributed by atoms with van der Waals surface area (Å²) in [5, 5.41) is 0. The van der Waals surface area contributed by atoms with Crippen molar-refractivity contribution in [3.8, 4) is 0 Å². The van der Waals surface area contributed by atoms with Crippen LogP contribution in [0.1, 0.15) is 25.7 Å². The lowest BCUT2D eigenvalue weighted by atomic mass is 9.92. The first-order chi connectivity index (χ1) is 5.72. The third-order valence-corrected chi connectivity index (χ3v) is 2.04. The van der Waals surface area contributed by atoms with E-state index in [0.717, 1.165) is 12.8 Å². The van der Waals surface area contributed by atoms with E-state index in [4.69, 9.17) is 22.9 Å². The van der Waals surface area contributed by atoms with Crippen molar-refractivity contribution in [3.63, 3.8) is 0 Å². The van der Waals surface area contributed by atoms with Crippen LogP contribution in [0.3, 0.4) is 0 Å². The van der Waals surface area contributed by atoms with Crippen molar-refractivity contribution < 1.29 is 0 Å². The molecule has 0 heterocycles. The van der Waals surface area contributed by atoms with Gasteiger partial charge in [0.05, 0.1) is 0 Å². The fraction of sp³-hybridized carbons (Fsp3) is 1.00. The molecule has 1 saturated carbocycles. The molecule has 8 N–H and O–H groups in total. The number of rotatable bonds is 1. The Kier molecular flexibility index (Phi) is 7.39. The SMILES string of the molecule is NC1CCCCC1N.NCCN. The van der Waals surface area contributed by atoms with Crippen LogP contribution in [0.2, 0.25) is 0 Å². The molecule has 0 bridgehead atoms. The van der Waals surface area contributed by atoms with Crippen molar-refractivity contribution >= 4 is 0 Å². The first-order valence-electron chi connectivity index (χ1n) is 4.63. The van der Waals surface area contributed by atoms with E-state index in [-0.39, 0.29) is 12.1 Å². The number of hydrogen-bond donors (Lipinski definition) is 4. The first-order valence-corrected chi connectivity index (χ1v) is 4.63. The Bertz CT molecular complexity index is 85.1. The average molecular weight is 174 g/mol. The molecule has 0 spiro atoms. The largest absolute Gasteiger partial charge is 0.329 e. The summed E-state index contributed by atoms with van der Waals surface area (Å²) in [5.74, 6) is 0. The molecule has 2 atom stereocenters. The van der Waals surface area contributed by atoms with Gasteiger partial charge in [0, 0.05) is 25.2 Å². The summed E-state index contributed by atoms with van der Waals surface area (Å²) in [6.07, 6.45) is 4.80. The van der Waals surface area contributed by atoms with Gasteiger partial charge in [0.1, 0.15) is 0 Å². The molecule has 0 aromatic carbocycles. The zero-order valence-corrected chi connectivity index (χ0v) is 7.71. The molecule has 1 fully saturated rings. The maximum atomic E-state index is 5.65. The van der Waals surface area contributed by atoms with Gasteiger partial charge in [-0.05, 0) is 12.8 Å². The summed E-state index contributed by atoms with van der Waals surface area (Å²) in [6.45, 7) is 1.19. The summed E-state index contributed by atoms with van der Waals surface area (Å²) in [6, 6.07) is 0.562. The van der Waals surface area contributed by atoms with E-state index in [1.54, 1.807) is 0 Å². The van der Waals surface area contributed by atoms with Gasteiger partial charge in [-0.1, -0.05) is 12.8 Å². The molecular weight excluding hydrogens is 152 g/mol. The highest BCUT2D eigenvalue weighted by Gasteiger charge is 2.16. The van der Waals surface area contributed by atoms with Gasteiger partial charge in [-0.2, -0.15) is 0 Å². The molecule has 4 heteroatoms. The Morgan fingerprint density at radius 1 is 0.833 bits per heavy atom. The Morgan fingerprint density at radius 3 is 1.33 bits per heavy atom. The van der Waals surface area contributed by atoms with E-state index in [9.17, 15) is 0 Å². The first kappa shape index (κ1) is 11.8. The Hall–Kier alpha value is -0.160. The normalized spacial score (nSPS) is 29.0. The van der Waals surface area contributed by atoms with Gasteiger partial charge < -0.3 is 22.9 Å². The van der Waals surface area contributed by atoms with Crippen molar-refractivity contribution in [2.45, 2.75) is 37.8 Å². The predicted octanol–water partition coefficient (Wildman–Crippen LogP) is -0.881. The molecular formula is C8H22N4. The Balaban J connectivity index is 0.000000261. The summed E-state index contributed by atoms with van der Waals surface area (Å²) < 4.78 is 0. The molecule has 74 valence electrons. The average Bonchev–Trinajstić information content (AvgIpc) is 2.11. The van der Waals surface area contributed by atoms with E-state index in [1.165, 1.54) is 12.8 Å². The topological polar surface area (TPSA) is 104 Å². The molecule has 0 aliphatic heterocycles. The van der Waals surface area contributed by atoms with Crippen LogP contribution >= 0.6 is 0 Å². The highest BCUT2D eigenvalue weighted by molar-refractivity contribution is 4.79. The maximum absolute atomic E-state index is 5.65. The molecule has 1 aliphatic carbocycles. The van der Waals surface area contributed by atoms with E-state index in [0.29, 0.717) is 13.1 Å². The van der Waals surface area contributed by atoms with Crippen molar-refractivity contribution in [2.24, 2.45) is 22.9 Å². The quantitative estimate of drug-likeness (QED) is 0.414. The van der Waals surface area contributed by atoms with Crippen LogP contribution < -0.4 is 22.9 Å². The fourth-order valence-corrected chi connectivity index (χ4v) is 1.19. The zero-order chi connectivity index (χ0) is 9.40. The second kappa shape index (κ2) is 7.49. The van der Waals surface area contributed by atoms with Gasteiger partial charge in [-0.25, -0.2) is 0 Å². The minimum atomic E-state index is 0.281. The van der Waals surface area contributed by atoms with E-state index in [1.807, 2.05) is 0 Å². The van der Waals surface area contributed by atoms with Gasteiger partial charge in [0.15, 0.2) is 0 Å². The molecule has 12 heavy (non-hydrogen) atoms. The van der Waals surface area contributed by atoms with Crippen molar-refractivity contribution in [3.05, 3.63) is 0 Å². The lowest BCUT2D eigenvalue weighted by Crippen LogP contribution is -2.43. The van der Waals surface area contributed by atoms with Crippen LogP contribution in [0.5, 0.6) is 0 Å². The van der Waals surface area contributed by atoms with Crippen LogP contribution in [0.15, 0.2) is 0 Å². The summed E-state index contributed by atoms with van der Waals surface area (Å²) >= 11 is 0. The molecule has 0 saturated heterocycles.